The van der Waals surface area contributed by atoms with Crippen molar-refractivity contribution >= 4 is 48.2 Å². The molecule has 0 aromatic rings. The summed E-state index contributed by atoms with van der Waals surface area (Å²) in [5.74, 6) is -3.46. The van der Waals surface area contributed by atoms with Crippen LogP contribution in [0.15, 0.2) is 9.98 Å². The lowest BCUT2D eigenvalue weighted by Gasteiger charge is -2.24. The van der Waals surface area contributed by atoms with Gasteiger partial charge in [0.25, 0.3) is 0 Å². The molecule has 0 saturated heterocycles. The molecule has 0 aliphatic heterocycles. The van der Waals surface area contributed by atoms with E-state index < -0.39 is 47.9 Å². The van der Waals surface area contributed by atoms with Crippen LogP contribution in [0, 0.1) is 0 Å². The van der Waals surface area contributed by atoms with E-state index in [2.05, 4.69) is 38.6 Å². The lowest BCUT2D eigenvalue weighted by molar-refractivity contribution is -0.142. The number of nitrogens with zero attached hydrogens (tertiary/aromatic N) is 2. The Kier molecular flexibility index (Phi) is 18.0. The van der Waals surface area contributed by atoms with Crippen molar-refractivity contribution in [1.29, 1.82) is 0 Å². The second-order valence-corrected chi connectivity index (χ2v) is 8.86. The standard InChI is InChI=1S/C21H43N11O5S/c22-8-2-1-6-13(17(34)31-14(19(36)37)7-4-10-29-21(26)27)30-18(35)15(11-38)32-16(33)12(23)5-3-9-28-20(24)25/h12-15,38H,1-11,22-23H2,(H,30,35)(H,31,34)(H,32,33)(H,36,37)(H4,24,25,28)(H4,26,27,29). The Balaban J connectivity index is 5.20. The van der Waals surface area contributed by atoms with Crippen molar-refractivity contribution in [2.45, 2.75) is 69.1 Å². The van der Waals surface area contributed by atoms with Gasteiger partial charge in [0.2, 0.25) is 17.7 Å². The molecule has 17 heteroatoms. The summed E-state index contributed by atoms with van der Waals surface area (Å²) in [6.07, 6.45) is 2.37. The molecular weight excluding hydrogens is 518 g/mol. The number of hydrogen-bond donors (Lipinski definition) is 11. The van der Waals surface area contributed by atoms with Crippen molar-refractivity contribution in [3.8, 4) is 0 Å². The van der Waals surface area contributed by atoms with Crippen molar-refractivity contribution in [2.24, 2.45) is 44.4 Å². The number of guanidine groups is 2. The zero-order chi connectivity index (χ0) is 29.1. The van der Waals surface area contributed by atoms with Crippen molar-refractivity contribution < 1.29 is 24.3 Å². The summed E-state index contributed by atoms with van der Waals surface area (Å²) in [6, 6.07) is -4.29. The Morgan fingerprint density at radius 2 is 1.18 bits per heavy atom. The second-order valence-electron chi connectivity index (χ2n) is 8.49. The molecule has 0 aromatic carbocycles. The predicted octanol–water partition coefficient (Wildman–Crippen LogP) is -3.98. The van der Waals surface area contributed by atoms with E-state index in [1.807, 2.05) is 0 Å². The molecule has 0 heterocycles. The molecule has 0 saturated carbocycles. The van der Waals surface area contributed by atoms with Gasteiger partial charge in [-0.05, 0) is 51.5 Å². The second kappa shape index (κ2) is 19.8. The molecule has 218 valence electrons. The first-order valence-electron chi connectivity index (χ1n) is 12.2. The average molecular weight is 562 g/mol. The molecule has 38 heavy (non-hydrogen) atoms. The van der Waals surface area contributed by atoms with Gasteiger partial charge in [-0.1, -0.05) is 0 Å². The predicted molar refractivity (Wildman–Crippen MR) is 148 cm³/mol. The van der Waals surface area contributed by atoms with Crippen molar-refractivity contribution in [3.63, 3.8) is 0 Å². The SMILES string of the molecule is NCCCCC(NC(=O)C(CS)NC(=O)C(N)CCCN=C(N)N)C(=O)NC(CCCN=C(N)N)C(=O)O. The van der Waals surface area contributed by atoms with Gasteiger partial charge in [0, 0.05) is 18.8 Å². The molecule has 0 aromatic heterocycles. The molecule has 0 spiro atoms. The van der Waals surface area contributed by atoms with Gasteiger partial charge in [0.1, 0.15) is 18.1 Å². The van der Waals surface area contributed by atoms with Gasteiger partial charge in [-0.15, -0.1) is 0 Å². The fraction of sp³-hybridized carbons (Fsp3) is 0.714. The van der Waals surface area contributed by atoms with Crippen LogP contribution >= 0.6 is 12.6 Å². The molecule has 0 radical (unpaired) electrons. The van der Waals surface area contributed by atoms with Gasteiger partial charge >= 0.3 is 5.97 Å². The number of nitrogens with two attached hydrogens (primary N) is 6. The third kappa shape index (κ3) is 15.7. The van der Waals surface area contributed by atoms with E-state index in [-0.39, 0.29) is 43.5 Å². The van der Waals surface area contributed by atoms with E-state index in [1.165, 1.54) is 0 Å². The topological polar surface area (TPSA) is 305 Å². The zero-order valence-electron chi connectivity index (χ0n) is 21.5. The quantitative estimate of drug-likeness (QED) is 0.0294. The number of amides is 3. The maximum absolute atomic E-state index is 12.9. The number of carbonyl (C=O) groups excluding carboxylic acids is 3. The van der Waals surface area contributed by atoms with E-state index in [1.54, 1.807) is 0 Å². The summed E-state index contributed by atoms with van der Waals surface area (Å²) in [4.78, 5) is 57.5. The van der Waals surface area contributed by atoms with Gasteiger partial charge < -0.3 is 55.5 Å². The molecular formula is C21H43N11O5S. The first-order chi connectivity index (χ1) is 17.9. The molecule has 4 unspecified atom stereocenters. The summed E-state index contributed by atoms with van der Waals surface area (Å²) in [5.41, 5.74) is 32.4. The summed E-state index contributed by atoms with van der Waals surface area (Å²) >= 11 is 4.13. The van der Waals surface area contributed by atoms with Crippen LogP contribution in [0.4, 0.5) is 0 Å². The highest BCUT2D eigenvalue weighted by molar-refractivity contribution is 7.80. The lowest BCUT2D eigenvalue weighted by Crippen LogP contribution is -2.57. The van der Waals surface area contributed by atoms with Gasteiger partial charge in [0.15, 0.2) is 11.9 Å². The van der Waals surface area contributed by atoms with Crippen molar-refractivity contribution in [3.05, 3.63) is 0 Å². The number of rotatable bonds is 20. The van der Waals surface area contributed by atoms with E-state index in [0.717, 1.165) is 0 Å². The van der Waals surface area contributed by atoms with Crippen LogP contribution in [0.25, 0.3) is 0 Å². The Hall–Kier alpha value is -3.31. The molecule has 16 N–H and O–H groups in total. The number of aliphatic imine (C=N–C) groups is 2. The number of nitrogens with one attached hydrogen (secondary N) is 3. The van der Waals surface area contributed by atoms with Crippen LogP contribution in [-0.2, 0) is 19.2 Å². The fourth-order valence-corrected chi connectivity index (χ4v) is 3.45. The van der Waals surface area contributed by atoms with E-state index in [9.17, 15) is 24.3 Å². The maximum Gasteiger partial charge on any atom is 0.326 e. The maximum atomic E-state index is 12.9. The minimum atomic E-state index is -1.25. The lowest BCUT2D eigenvalue weighted by atomic mass is 10.1. The van der Waals surface area contributed by atoms with Crippen LogP contribution < -0.4 is 50.4 Å². The van der Waals surface area contributed by atoms with E-state index in [0.29, 0.717) is 38.8 Å². The van der Waals surface area contributed by atoms with Crippen LogP contribution in [0.2, 0.25) is 0 Å². The van der Waals surface area contributed by atoms with Crippen LogP contribution in [0.3, 0.4) is 0 Å². The Morgan fingerprint density at radius 1 is 0.711 bits per heavy atom. The highest BCUT2D eigenvalue weighted by Gasteiger charge is 2.29. The van der Waals surface area contributed by atoms with Crippen LogP contribution in [0.1, 0.15) is 44.9 Å². The van der Waals surface area contributed by atoms with Crippen LogP contribution in [0.5, 0.6) is 0 Å². The van der Waals surface area contributed by atoms with Crippen LogP contribution in [-0.4, -0.2) is 90.3 Å². The molecule has 0 aliphatic rings. The molecule has 4 atom stereocenters. The number of unbranched alkanes of at least 4 members (excludes halogenated alkanes) is 1. The minimum absolute atomic E-state index is 0.0672. The first kappa shape index (κ1) is 34.7. The summed E-state index contributed by atoms with van der Waals surface area (Å²) in [6.45, 7) is 0.866. The third-order valence-corrected chi connectivity index (χ3v) is 5.62. The zero-order valence-corrected chi connectivity index (χ0v) is 22.4. The molecule has 0 fully saturated rings. The molecule has 0 aliphatic carbocycles. The molecule has 16 nitrogen and oxygen atoms in total. The summed E-state index contributed by atoms with van der Waals surface area (Å²) in [7, 11) is 0. The largest absolute Gasteiger partial charge is 0.480 e. The highest BCUT2D eigenvalue weighted by Crippen LogP contribution is 2.06. The Morgan fingerprint density at radius 3 is 1.68 bits per heavy atom. The summed E-state index contributed by atoms with van der Waals surface area (Å²) < 4.78 is 0. The number of thiol groups is 1. The highest BCUT2D eigenvalue weighted by atomic mass is 32.1. The number of carbonyl (C=O) groups is 4. The number of carboxylic acids is 1. The first-order valence-corrected chi connectivity index (χ1v) is 12.9. The summed E-state index contributed by atoms with van der Waals surface area (Å²) in [5, 5.41) is 17.0. The monoisotopic (exact) mass is 561 g/mol. The van der Waals surface area contributed by atoms with Crippen molar-refractivity contribution in [2.75, 3.05) is 25.4 Å². The van der Waals surface area contributed by atoms with E-state index >= 15 is 0 Å². The van der Waals surface area contributed by atoms with Gasteiger partial charge in [-0.3, -0.25) is 24.4 Å². The number of carboxylic acid groups (broad SMARTS) is 1. The van der Waals surface area contributed by atoms with Gasteiger partial charge in [0.05, 0.1) is 6.04 Å². The Bertz CT molecular complexity index is 819. The third-order valence-electron chi connectivity index (χ3n) is 5.26. The molecule has 0 rings (SSSR count). The normalized spacial score (nSPS) is 13.8. The fourth-order valence-electron chi connectivity index (χ4n) is 3.19. The molecule has 0 bridgehead atoms. The number of hydrogen-bond acceptors (Lipinski definition) is 9. The number of aliphatic carboxylic acids is 1. The minimum Gasteiger partial charge on any atom is -0.480 e. The Labute approximate surface area is 227 Å². The average Bonchev–Trinajstić information content (AvgIpc) is 2.85. The van der Waals surface area contributed by atoms with E-state index in [4.69, 9.17) is 34.4 Å². The molecule has 3 amide bonds. The smallest absolute Gasteiger partial charge is 0.326 e. The van der Waals surface area contributed by atoms with Crippen molar-refractivity contribution in [1.82, 2.24) is 16.0 Å². The van der Waals surface area contributed by atoms with Gasteiger partial charge in [-0.2, -0.15) is 12.6 Å². The van der Waals surface area contributed by atoms with Gasteiger partial charge in [-0.25, -0.2) is 4.79 Å².